The van der Waals surface area contributed by atoms with Gasteiger partial charge in [-0.3, -0.25) is 0 Å². The molecule has 0 saturated heterocycles. The standard InChI is InChI=1S/C84H82N2/c1-80(2,3)62-37-40-68(55-31-29-54(30-32-55)53-23-17-16-18-24-53)77(52-62)85(75-41-35-56-34-39-72-76(42-36-57-33-38-71(75)78(56)79(57)72)86-73-27-21-19-25-69(73)70-26-20-22-28-74(70)86)67-49-61(48-66(51-67)84(13,14)15)59-43-58(44-63(45-59)81(4,5)6)60-46-64(82(7,8)9)50-65(47-60)83(10,11)12/h16-52H,1-15H3. The molecule has 0 atom stereocenters. The van der Waals surface area contributed by atoms with E-state index in [1.54, 1.807) is 0 Å². The summed E-state index contributed by atoms with van der Waals surface area (Å²) in [5.74, 6) is 0. The van der Waals surface area contributed by atoms with Crippen molar-refractivity contribution in [3.63, 3.8) is 0 Å². The van der Waals surface area contributed by atoms with E-state index in [0.29, 0.717) is 0 Å². The van der Waals surface area contributed by atoms with Crippen molar-refractivity contribution in [2.75, 3.05) is 4.90 Å². The third-order valence-electron chi connectivity index (χ3n) is 18.3. The molecule has 1 aromatic heterocycles. The SMILES string of the molecule is CC(C)(C)c1cc(-c2cc(N(c3cc(C(C)(C)C)ccc3-c3ccc(-c4ccccc4)cc3)c3ccc4ccc5c(-n6c7ccccc7c7ccccc76)ccc6ccc3c4c65)cc(C(C)(C)C)c2)cc(-c2cc(C(C)(C)C)cc(C(C)(C)C)c2)c1. The van der Waals surface area contributed by atoms with Crippen LogP contribution in [0.25, 0.3) is 104 Å². The van der Waals surface area contributed by atoms with Gasteiger partial charge < -0.3 is 9.47 Å². The molecule has 0 aliphatic carbocycles. The van der Waals surface area contributed by atoms with Crippen molar-refractivity contribution < 1.29 is 0 Å². The van der Waals surface area contributed by atoms with Gasteiger partial charge >= 0.3 is 0 Å². The quantitative estimate of drug-likeness (QED) is 0.138. The van der Waals surface area contributed by atoms with E-state index in [4.69, 9.17) is 0 Å². The first kappa shape index (κ1) is 56.4. The van der Waals surface area contributed by atoms with E-state index in [2.05, 4.69) is 338 Å². The number of nitrogens with zero attached hydrogens (tertiary/aromatic N) is 2. The van der Waals surface area contributed by atoms with E-state index in [9.17, 15) is 0 Å². The first-order chi connectivity index (χ1) is 40.8. The fraction of sp³-hybridized carbons (Fsp3) is 0.238. The average molecular weight is 1120 g/mol. The minimum absolute atomic E-state index is 0.0211. The summed E-state index contributed by atoms with van der Waals surface area (Å²) < 4.78 is 2.49. The molecule has 1 heterocycles. The van der Waals surface area contributed by atoms with E-state index in [1.165, 1.54) is 132 Å². The van der Waals surface area contributed by atoms with Crippen molar-refractivity contribution >= 4 is 71.2 Å². The molecule has 12 aromatic carbocycles. The Kier molecular flexibility index (Phi) is 13.4. The second-order valence-corrected chi connectivity index (χ2v) is 29.6. The summed E-state index contributed by atoms with van der Waals surface area (Å²) in [4.78, 5) is 2.63. The fourth-order valence-electron chi connectivity index (χ4n) is 13.0. The molecular weight excluding hydrogens is 1040 g/mol. The Labute approximate surface area is 511 Å². The molecule has 0 radical (unpaired) electrons. The van der Waals surface area contributed by atoms with Crippen molar-refractivity contribution in [2.45, 2.75) is 131 Å². The summed E-state index contributed by atoms with van der Waals surface area (Å²) in [7, 11) is 0. The molecule has 13 rings (SSSR count). The van der Waals surface area contributed by atoms with Crippen LogP contribution in [0.4, 0.5) is 17.1 Å². The zero-order chi connectivity index (χ0) is 60.4. The number of hydrogen-bond donors (Lipinski definition) is 0. The number of aromatic nitrogens is 1. The molecule has 0 fully saturated rings. The van der Waals surface area contributed by atoms with Crippen molar-refractivity contribution in [1.29, 1.82) is 0 Å². The van der Waals surface area contributed by atoms with Crippen molar-refractivity contribution in [1.82, 2.24) is 4.57 Å². The summed E-state index contributed by atoms with van der Waals surface area (Å²) >= 11 is 0. The van der Waals surface area contributed by atoms with Crippen LogP contribution >= 0.6 is 0 Å². The van der Waals surface area contributed by atoms with Crippen LogP contribution in [-0.4, -0.2) is 4.57 Å². The van der Waals surface area contributed by atoms with Gasteiger partial charge in [0.2, 0.25) is 0 Å². The van der Waals surface area contributed by atoms with Gasteiger partial charge in [0.1, 0.15) is 0 Å². The highest BCUT2D eigenvalue weighted by Gasteiger charge is 2.29. The van der Waals surface area contributed by atoms with Gasteiger partial charge in [-0.15, -0.1) is 0 Å². The molecule has 0 bridgehead atoms. The van der Waals surface area contributed by atoms with Crippen LogP contribution in [0.2, 0.25) is 0 Å². The maximum absolute atomic E-state index is 2.63. The Bertz CT molecular complexity index is 4660. The second kappa shape index (κ2) is 20.5. The van der Waals surface area contributed by atoms with Crippen LogP contribution in [0.5, 0.6) is 0 Å². The molecule has 0 aliphatic heterocycles. The second-order valence-electron chi connectivity index (χ2n) is 29.6. The zero-order valence-corrected chi connectivity index (χ0v) is 53.3. The van der Waals surface area contributed by atoms with Crippen LogP contribution in [0.1, 0.15) is 132 Å². The lowest BCUT2D eigenvalue weighted by atomic mass is 9.77. The summed E-state index contributed by atoms with van der Waals surface area (Å²) in [6.07, 6.45) is 0. The Morgan fingerprint density at radius 1 is 0.267 bits per heavy atom. The van der Waals surface area contributed by atoms with E-state index in [1.807, 2.05) is 0 Å². The number of rotatable bonds is 8. The van der Waals surface area contributed by atoms with Gasteiger partial charge in [-0.25, -0.2) is 0 Å². The molecule has 0 saturated carbocycles. The molecule has 0 spiro atoms. The molecule has 0 aliphatic rings. The molecule has 86 heavy (non-hydrogen) atoms. The molecule has 0 N–H and O–H groups in total. The first-order valence-corrected chi connectivity index (χ1v) is 31.1. The monoisotopic (exact) mass is 1120 g/mol. The Morgan fingerprint density at radius 2 is 0.698 bits per heavy atom. The topological polar surface area (TPSA) is 8.17 Å². The highest BCUT2D eigenvalue weighted by atomic mass is 15.1. The van der Waals surface area contributed by atoms with Crippen molar-refractivity contribution in [2.24, 2.45) is 0 Å². The minimum atomic E-state index is -0.196. The summed E-state index contributed by atoms with van der Waals surface area (Å²) in [6.45, 7) is 35.3. The molecule has 428 valence electrons. The maximum Gasteiger partial charge on any atom is 0.0543 e. The van der Waals surface area contributed by atoms with Gasteiger partial charge in [-0.05, 0) is 164 Å². The van der Waals surface area contributed by atoms with Crippen LogP contribution in [0.3, 0.4) is 0 Å². The molecular formula is C84H82N2. The third kappa shape index (κ3) is 10.2. The number of anilines is 3. The first-order valence-electron chi connectivity index (χ1n) is 31.1. The smallest absolute Gasteiger partial charge is 0.0543 e. The molecule has 0 amide bonds. The predicted molar refractivity (Wildman–Crippen MR) is 374 cm³/mol. The van der Waals surface area contributed by atoms with E-state index < -0.39 is 0 Å². The lowest BCUT2D eigenvalue weighted by Gasteiger charge is -2.33. The van der Waals surface area contributed by atoms with E-state index in [0.717, 1.165) is 17.1 Å². The minimum Gasteiger partial charge on any atom is -0.309 e. The highest BCUT2D eigenvalue weighted by Crippen LogP contribution is 2.51. The van der Waals surface area contributed by atoms with Crippen LogP contribution in [0, 0.1) is 0 Å². The Morgan fingerprint density at radius 3 is 1.26 bits per heavy atom. The molecule has 13 aromatic rings. The van der Waals surface area contributed by atoms with Gasteiger partial charge in [-0.1, -0.05) is 280 Å². The number of benzene rings is 12. The van der Waals surface area contributed by atoms with E-state index in [-0.39, 0.29) is 27.1 Å². The van der Waals surface area contributed by atoms with E-state index >= 15 is 0 Å². The van der Waals surface area contributed by atoms with Crippen LogP contribution in [-0.2, 0) is 27.1 Å². The number of hydrogen-bond acceptors (Lipinski definition) is 1. The highest BCUT2D eigenvalue weighted by molar-refractivity contribution is 6.27. The summed E-state index contributed by atoms with van der Waals surface area (Å²) in [5.41, 5.74) is 22.8. The zero-order valence-electron chi connectivity index (χ0n) is 53.3. The third-order valence-corrected chi connectivity index (χ3v) is 18.3. The summed E-state index contributed by atoms with van der Waals surface area (Å²) in [5, 5.41) is 9.97. The normalized spacial score (nSPS) is 12.8. The summed E-state index contributed by atoms with van der Waals surface area (Å²) in [6, 6.07) is 86.1. The van der Waals surface area contributed by atoms with Gasteiger partial charge in [0.15, 0.2) is 0 Å². The molecule has 0 unspecified atom stereocenters. The molecule has 2 nitrogen and oxygen atoms in total. The van der Waals surface area contributed by atoms with Crippen LogP contribution in [0.15, 0.2) is 224 Å². The predicted octanol–water partition coefficient (Wildman–Crippen LogP) is 24.3. The van der Waals surface area contributed by atoms with Crippen LogP contribution < -0.4 is 4.90 Å². The average Bonchev–Trinajstić information content (AvgIpc) is 1.14. The van der Waals surface area contributed by atoms with Gasteiger partial charge in [0.05, 0.1) is 28.1 Å². The number of fused-ring (bicyclic) bond motifs is 3. The fourth-order valence-corrected chi connectivity index (χ4v) is 13.0. The van der Waals surface area contributed by atoms with Gasteiger partial charge in [-0.2, -0.15) is 0 Å². The lowest BCUT2D eigenvalue weighted by molar-refractivity contribution is 0.569. The Hall–Kier alpha value is -8.72. The maximum atomic E-state index is 2.63. The molecule has 2 heteroatoms. The van der Waals surface area contributed by atoms with Crippen molar-refractivity contribution in [3.8, 4) is 50.2 Å². The van der Waals surface area contributed by atoms with Gasteiger partial charge in [0.25, 0.3) is 0 Å². The van der Waals surface area contributed by atoms with Crippen molar-refractivity contribution in [3.05, 3.63) is 252 Å². The Balaban J connectivity index is 1.11. The number of para-hydroxylation sites is 2. The lowest BCUT2D eigenvalue weighted by Crippen LogP contribution is -2.18. The van der Waals surface area contributed by atoms with Gasteiger partial charge in [0, 0.05) is 32.8 Å². The largest absolute Gasteiger partial charge is 0.309 e.